The Morgan fingerprint density at radius 1 is 1.21 bits per heavy atom. The van der Waals surface area contributed by atoms with Gasteiger partial charge in [-0.1, -0.05) is 31.0 Å². The molecule has 3 atom stereocenters. The van der Waals surface area contributed by atoms with Gasteiger partial charge < -0.3 is 9.84 Å². The minimum absolute atomic E-state index is 0.233. The summed E-state index contributed by atoms with van der Waals surface area (Å²) in [4.78, 5) is 13.6. The number of rotatable bonds is 1. The van der Waals surface area contributed by atoms with Crippen LogP contribution in [0.1, 0.15) is 25.7 Å². The number of amides is 1. The topological polar surface area (TPSA) is 49.8 Å². The van der Waals surface area contributed by atoms with Crippen LogP contribution in [0.4, 0.5) is 4.79 Å². The Bertz CT molecular complexity index is 448. The van der Waals surface area contributed by atoms with Crippen molar-refractivity contribution in [1.29, 1.82) is 0 Å². The summed E-state index contributed by atoms with van der Waals surface area (Å²) in [6.07, 6.45) is 3.36. The number of benzene rings is 1. The number of hydrogen-bond donors (Lipinski definition) is 1. The predicted octanol–water partition coefficient (Wildman–Crippen LogP) is 2.63. The molecule has 0 bridgehead atoms. The van der Waals surface area contributed by atoms with Crippen LogP contribution in [-0.2, 0) is 0 Å². The minimum Gasteiger partial charge on any atom is -0.410 e. The van der Waals surface area contributed by atoms with Crippen molar-refractivity contribution in [3.63, 3.8) is 0 Å². The van der Waals surface area contributed by atoms with Crippen LogP contribution in [0.25, 0.3) is 0 Å². The smallest absolute Gasteiger partial charge is 0.410 e. The number of carbonyl (C=O) groups is 1. The fraction of sp³-hybridized carbons (Fsp3) is 0.533. The number of fused-ring (bicyclic) bond motifs is 1. The average Bonchev–Trinajstić information content (AvgIpc) is 2.78. The molecule has 1 N–H and O–H groups in total. The zero-order valence-electron chi connectivity index (χ0n) is 10.9. The number of nitrogens with zero attached hydrogens (tertiary/aromatic N) is 1. The molecule has 19 heavy (non-hydrogen) atoms. The van der Waals surface area contributed by atoms with Crippen LogP contribution >= 0.6 is 0 Å². The van der Waals surface area contributed by atoms with E-state index in [1.807, 2.05) is 18.2 Å². The van der Waals surface area contributed by atoms with Crippen molar-refractivity contribution in [2.24, 2.45) is 11.8 Å². The molecule has 3 rings (SSSR count). The second-order valence-corrected chi connectivity index (χ2v) is 5.46. The first-order valence-corrected chi connectivity index (χ1v) is 6.97. The second-order valence-electron chi connectivity index (χ2n) is 5.46. The van der Waals surface area contributed by atoms with E-state index in [-0.39, 0.29) is 5.92 Å². The van der Waals surface area contributed by atoms with E-state index in [4.69, 9.17) is 4.74 Å². The van der Waals surface area contributed by atoms with Crippen LogP contribution in [-0.4, -0.2) is 28.9 Å². The highest BCUT2D eigenvalue weighted by Gasteiger charge is 2.44. The number of aliphatic hydroxyl groups is 1. The van der Waals surface area contributed by atoms with Gasteiger partial charge in [0.2, 0.25) is 0 Å². The molecule has 1 aromatic carbocycles. The van der Waals surface area contributed by atoms with Crippen LogP contribution < -0.4 is 4.74 Å². The normalized spacial score (nSPS) is 29.9. The summed E-state index contributed by atoms with van der Waals surface area (Å²) in [7, 11) is 0. The van der Waals surface area contributed by atoms with Crippen molar-refractivity contribution < 1.29 is 14.6 Å². The zero-order chi connectivity index (χ0) is 13.2. The van der Waals surface area contributed by atoms with E-state index >= 15 is 0 Å². The number of aliphatic hydroxyl groups excluding tert-OH is 1. The summed E-state index contributed by atoms with van der Waals surface area (Å²) in [6, 6.07) is 9.00. The second kappa shape index (κ2) is 5.21. The van der Waals surface area contributed by atoms with Crippen LogP contribution in [0.5, 0.6) is 5.75 Å². The Morgan fingerprint density at radius 3 is 2.68 bits per heavy atom. The zero-order valence-corrected chi connectivity index (χ0v) is 10.9. The van der Waals surface area contributed by atoms with E-state index in [2.05, 4.69) is 0 Å². The van der Waals surface area contributed by atoms with Crippen molar-refractivity contribution in [2.45, 2.75) is 31.9 Å². The maximum absolute atomic E-state index is 12.1. The van der Waals surface area contributed by atoms with Gasteiger partial charge in [0.1, 0.15) is 12.0 Å². The molecule has 1 amide bonds. The van der Waals surface area contributed by atoms with Crippen molar-refractivity contribution in [3.05, 3.63) is 30.3 Å². The Balaban J connectivity index is 1.67. The number of ether oxygens (including phenoxy) is 1. The molecule has 2 fully saturated rings. The van der Waals surface area contributed by atoms with Crippen molar-refractivity contribution >= 4 is 6.09 Å². The van der Waals surface area contributed by atoms with Crippen LogP contribution in [0.3, 0.4) is 0 Å². The summed E-state index contributed by atoms with van der Waals surface area (Å²) in [6.45, 7) is 0.623. The molecular weight excluding hydrogens is 242 g/mol. The first-order valence-electron chi connectivity index (χ1n) is 6.97. The highest BCUT2D eigenvalue weighted by molar-refractivity contribution is 5.71. The van der Waals surface area contributed by atoms with Gasteiger partial charge in [-0.2, -0.15) is 0 Å². The molecule has 0 radical (unpaired) electrons. The number of likely N-dealkylation sites (tertiary alicyclic amines) is 1. The highest BCUT2D eigenvalue weighted by atomic mass is 16.6. The quantitative estimate of drug-likeness (QED) is 0.845. The number of carbonyl (C=O) groups excluding carboxylic acids is 1. The van der Waals surface area contributed by atoms with E-state index in [1.54, 1.807) is 12.1 Å². The maximum atomic E-state index is 12.1. The molecule has 1 aromatic rings. The Labute approximate surface area is 113 Å². The molecular formula is C15H19NO3. The largest absolute Gasteiger partial charge is 0.417 e. The predicted molar refractivity (Wildman–Crippen MR) is 70.6 cm³/mol. The van der Waals surface area contributed by atoms with Crippen molar-refractivity contribution in [2.75, 3.05) is 6.54 Å². The first-order chi connectivity index (χ1) is 9.25. The first kappa shape index (κ1) is 12.5. The van der Waals surface area contributed by atoms with Gasteiger partial charge in [0, 0.05) is 12.5 Å². The monoisotopic (exact) mass is 261 g/mol. The molecule has 0 unspecified atom stereocenters. The summed E-state index contributed by atoms with van der Waals surface area (Å²) < 4.78 is 5.30. The maximum Gasteiger partial charge on any atom is 0.417 e. The lowest BCUT2D eigenvalue weighted by molar-refractivity contribution is 0.00913. The molecule has 1 saturated carbocycles. The molecule has 1 heterocycles. The third-order valence-electron chi connectivity index (χ3n) is 4.28. The van der Waals surface area contributed by atoms with E-state index < -0.39 is 12.3 Å². The summed E-state index contributed by atoms with van der Waals surface area (Å²) >= 11 is 0. The van der Waals surface area contributed by atoms with Gasteiger partial charge in [-0.05, 0) is 30.9 Å². The van der Waals surface area contributed by atoms with Gasteiger partial charge in [0.15, 0.2) is 0 Å². The van der Waals surface area contributed by atoms with E-state index in [9.17, 15) is 9.90 Å². The number of hydrogen-bond acceptors (Lipinski definition) is 3. The van der Waals surface area contributed by atoms with Gasteiger partial charge in [-0.15, -0.1) is 0 Å². The van der Waals surface area contributed by atoms with Crippen LogP contribution in [0.15, 0.2) is 30.3 Å². The summed E-state index contributed by atoms with van der Waals surface area (Å²) in [5.41, 5.74) is 0. The van der Waals surface area contributed by atoms with E-state index in [0.717, 1.165) is 19.3 Å². The summed E-state index contributed by atoms with van der Waals surface area (Å²) in [5.74, 6) is 1.19. The minimum atomic E-state index is -0.679. The molecule has 1 aliphatic heterocycles. The fourth-order valence-corrected chi connectivity index (χ4v) is 3.28. The fourth-order valence-electron chi connectivity index (χ4n) is 3.28. The Hall–Kier alpha value is -1.55. The van der Waals surface area contributed by atoms with Gasteiger partial charge in [0.25, 0.3) is 0 Å². The van der Waals surface area contributed by atoms with Gasteiger partial charge in [-0.25, -0.2) is 4.79 Å². The third-order valence-corrected chi connectivity index (χ3v) is 4.28. The van der Waals surface area contributed by atoms with Crippen LogP contribution in [0.2, 0.25) is 0 Å². The summed E-state index contributed by atoms with van der Waals surface area (Å²) in [5, 5.41) is 10.3. The lowest BCUT2D eigenvalue weighted by atomic mass is 9.81. The standard InChI is InChI=1S/C15H19NO3/c17-14-13-9-5-4-6-11(13)10-16(14)15(18)19-12-7-2-1-3-8-12/h1-3,7-8,11,13-14,17H,4-6,9-10H2/t11-,13-,14+/m1/s1. The third kappa shape index (κ3) is 2.45. The molecule has 1 saturated heterocycles. The Kier molecular flexibility index (Phi) is 3.42. The molecule has 102 valence electrons. The molecule has 4 heteroatoms. The van der Waals surface area contributed by atoms with Crippen LogP contribution in [0, 0.1) is 11.8 Å². The number of para-hydroxylation sites is 1. The SMILES string of the molecule is O=C(Oc1ccccc1)N1C[C@H]2CCCC[C@H]2[C@@H]1O. The van der Waals surface area contributed by atoms with E-state index in [1.165, 1.54) is 11.3 Å². The van der Waals surface area contributed by atoms with Crippen molar-refractivity contribution in [3.8, 4) is 5.75 Å². The van der Waals surface area contributed by atoms with Gasteiger partial charge in [-0.3, -0.25) is 4.90 Å². The van der Waals surface area contributed by atoms with E-state index in [0.29, 0.717) is 18.2 Å². The molecule has 2 aliphatic rings. The lowest BCUT2D eigenvalue weighted by Gasteiger charge is -2.26. The van der Waals surface area contributed by atoms with Gasteiger partial charge in [0.05, 0.1) is 0 Å². The average molecular weight is 261 g/mol. The van der Waals surface area contributed by atoms with Gasteiger partial charge >= 0.3 is 6.09 Å². The van der Waals surface area contributed by atoms with Crippen molar-refractivity contribution in [1.82, 2.24) is 4.90 Å². The molecule has 0 spiro atoms. The highest BCUT2D eigenvalue weighted by Crippen LogP contribution is 2.39. The Morgan fingerprint density at radius 2 is 1.95 bits per heavy atom. The molecule has 1 aliphatic carbocycles. The molecule has 4 nitrogen and oxygen atoms in total. The molecule has 0 aromatic heterocycles. The lowest BCUT2D eigenvalue weighted by Crippen LogP contribution is -2.39.